The molecule has 3 aromatic heterocycles. The Kier molecular flexibility index (Phi) is 4.76. The van der Waals surface area contributed by atoms with Crippen molar-refractivity contribution in [1.29, 1.82) is 0 Å². The summed E-state index contributed by atoms with van der Waals surface area (Å²) in [5.74, 6) is -0.165. The quantitative estimate of drug-likeness (QED) is 0.682. The number of rotatable bonds is 6. The lowest BCUT2D eigenvalue weighted by atomic mass is 10.1. The molecule has 0 atom stereocenters. The number of amides is 1. The van der Waals surface area contributed by atoms with E-state index in [1.54, 1.807) is 34.2 Å². The van der Waals surface area contributed by atoms with E-state index >= 15 is 0 Å². The van der Waals surface area contributed by atoms with Crippen molar-refractivity contribution in [2.75, 3.05) is 5.32 Å². The van der Waals surface area contributed by atoms with Gasteiger partial charge >= 0.3 is 0 Å². The molecule has 0 aliphatic rings. The standard InChI is InChI=1S/C16H20BrN7O/c1-4-22-8-12(5-18-22)9-23-11-14(7-19-23)21-15(25)16(2,3)24-10-13(17)6-20-24/h5-8,10-11H,4,9H2,1-3H3,(H,21,25). The molecule has 8 nitrogen and oxygen atoms in total. The van der Waals surface area contributed by atoms with Gasteiger partial charge in [0, 0.05) is 30.7 Å². The average molecular weight is 406 g/mol. The lowest BCUT2D eigenvalue weighted by Gasteiger charge is -2.23. The van der Waals surface area contributed by atoms with E-state index in [1.807, 2.05) is 37.8 Å². The van der Waals surface area contributed by atoms with E-state index in [4.69, 9.17) is 0 Å². The van der Waals surface area contributed by atoms with Crippen LogP contribution in [0.5, 0.6) is 0 Å². The fraction of sp³-hybridized carbons (Fsp3) is 0.375. The third-order valence-electron chi connectivity index (χ3n) is 3.93. The predicted octanol–water partition coefficient (Wildman–Crippen LogP) is 2.48. The van der Waals surface area contributed by atoms with E-state index in [2.05, 4.69) is 36.5 Å². The zero-order chi connectivity index (χ0) is 18.0. The fourth-order valence-electron chi connectivity index (χ4n) is 2.36. The maximum atomic E-state index is 12.6. The highest BCUT2D eigenvalue weighted by molar-refractivity contribution is 9.10. The number of hydrogen-bond donors (Lipinski definition) is 1. The summed E-state index contributed by atoms with van der Waals surface area (Å²) in [6.07, 6.45) is 10.7. The fourth-order valence-corrected chi connectivity index (χ4v) is 2.64. The van der Waals surface area contributed by atoms with Gasteiger partial charge in [0.15, 0.2) is 0 Å². The van der Waals surface area contributed by atoms with Crippen LogP contribution in [0, 0.1) is 0 Å². The van der Waals surface area contributed by atoms with Crippen LogP contribution in [-0.4, -0.2) is 35.2 Å². The van der Waals surface area contributed by atoms with Crippen LogP contribution in [-0.2, 0) is 23.4 Å². The second-order valence-corrected chi connectivity index (χ2v) is 7.16. The largest absolute Gasteiger partial charge is 0.321 e. The number of aromatic nitrogens is 6. The van der Waals surface area contributed by atoms with Gasteiger partial charge in [-0.05, 0) is 36.7 Å². The summed E-state index contributed by atoms with van der Waals surface area (Å²) in [7, 11) is 0. The van der Waals surface area contributed by atoms with Crippen LogP contribution in [0.15, 0.2) is 41.7 Å². The summed E-state index contributed by atoms with van der Waals surface area (Å²) in [6, 6.07) is 0. The minimum atomic E-state index is -0.823. The lowest BCUT2D eigenvalue weighted by Crippen LogP contribution is -2.40. The number of carbonyl (C=O) groups excluding carboxylic acids is 1. The molecule has 0 saturated carbocycles. The lowest BCUT2D eigenvalue weighted by molar-refractivity contribution is -0.123. The summed E-state index contributed by atoms with van der Waals surface area (Å²) in [5, 5.41) is 15.6. The van der Waals surface area contributed by atoms with E-state index in [0.717, 1.165) is 16.6 Å². The van der Waals surface area contributed by atoms with Crippen LogP contribution in [0.4, 0.5) is 5.69 Å². The molecule has 0 aliphatic carbocycles. The summed E-state index contributed by atoms with van der Waals surface area (Å²) in [5.41, 5.74) is 0.882. The molecule has 3 heterocycles. The average Bonchev–Trinajstić information content (AvgIpc) is 3.29. The molecule has 0 radical (unpaired) electrons. The zero-order valence-corrected chi connectivity index (χ0v) is 15.9. The molecule has 132 valence electrons. The molecule has 1 N–H and O–H groups in total. The molecular formula is C16H20BrN7O. The number of nitrogens with zero attached hydrogens (tertiary/aromatic N) is 6. The SMILES string of the molecule is CCn1cc(Cn2cc(NC(=O)C(C)(C)n3cc(Br)cn3)cn2)cn1. The van der Waals surface area contributed by atoms with Crippen molar-refractivity contribution in [1.82, 2.24) is 29.3 Å². The van der Waals surface area contributed by atoms with Crippen LogP contribution < -0.4 is 5.32 Å². The first-order chi connectivity index (χ1) is 11.9. The van der Waals surface area contributed by atoms with Crippen LogP contribution in [0.2, 0.25) is 0 Å². The molecule has 0 saturated heterocycles. The second-order valence-electron chi connectivity index (χ2n) is 6.25. The highest BCUT2D eigenvalue weighted by Gasteiger charge is 2.30. The van der Waals surface area contributed by atoms with Gasteiger partial charge in [0.2, 0.25) is 0 Å². The van der Waals surface area contributed by atoms with Crippen molar-refractivity contribution >= 4 is 27.5 Å². The minimum Gasteiger partial charge on any atom is -0.321 e. The second kappa shape index (κ2) is 6.83. The van der Waals surface area contributed by atoms with Gasteiger partial charge in [-0.2, -0.15) is 15.3 Å². The van der Waals surface area contributed by atoms with Crippen LogP contribution in [0.25, 0.3) is 0 Å². The Balaban J connectivity index is 1.67. The molecule has 0 aromatic carbocycles. The Morgan fingerprint density at radius 1 is 1.12 bits per heavy atom. The summed E-state index contributed by atoms with van der Waals surface area (Å²) in [6.45, 7) is 7.10. The third kappa shape index (κ3) is 3.81. The first kappa shape index (κ1) is 17.4. The van der Waals surface area contributed by atoms with Gasteiger partial charge in [-0.1, -0.05) is 0 Å². The zero-order valence-electron chi connectivity index (χ0n) is 14.3. The third-order valence-corrected chi connectivity index (χ3v) is 4.34. The van der Waals surface area contributed by atoms with Gasteiger partial charge in [0.1, 0.15) is 5.54 Å². The highest BCUT2D eigenvalue weighted by Crippen LogP contribution is 2.20. The van der Waals surface area contributed by atoms with Gasteiger partial charge in [0.05, 0.1) is 35.3 Å². The maximum absolute atomic E-state index is 12.6. The van der Waals surface area contributed by atoms with Gasteiger partial charge in [0.25, 0.3) is 5.91 Å². The molecule has 25 heavy (non-hydrogen) atoms. The Labute approximate surface area is 154 Å². The number of hydrogen-bond acceptors (Lipinski definition) is 4. The van der Waals surface area contributed by atoms with E-state index in [-0.39, 0.29) is 5.91 Å². The molecule has 0 spiro atoms. The van der Waals surface area contributed by atoms with Crippen molar-refractivity contribution in [3.05, 3.63) is 47.2 Å². The maximum Gasteiger partial charge on any atom is 0.251 e. The topological polar surface area (TPSA) is 82.6 Å². The van der Waals surface area contributed by atoms with Crippen molar-refractivity contribution in [2.24, 2.45) is 0 Å². The number of carbonyl (C=O) groups is 1. The van der Waals surface area contributed by atoms with Crippen LogP contribution in [0.1, 0.15) is 26.3 Å². The van der Waals surface area contributed by atoms with Gasteiger partial charge < -0.3 is 5.32 Å². The molecule has 0 unspecified atom stereocenters. The van der Waals surface area contributed by atoms with Crippen LogP contribution >= 0.6 is 15.9 Å². The number of aryl methyl sites for hydroxylation is 1. The van der Waals surface area contributed by atoms with E-state index in [0.29, 0.717) is 12.2 Å². The number of nitrogens with one attached hydrogen (secondary N) is 1. The van der Waals surface area contributed by atoms with Gasteiger partial charge in [-0.3, -0.25) is 18.8 Å². The van der Waals surface area contributed by atoms with Crippen LogP contribution in [0.3, 0.4) is 0 Å². The molecule has 0 bridgehead atoms. The molecule has 0 aliphatic heterocycles. The first-order valence-corrected chi connectivity index (χ1v) is 8.73. The Hall–Kier alpha value is -2.42. The smallest absolute Gasteiger partial charge is 0.251 e. The molecule has 3 rings (SSSR count). The Morgan fingerprint density at radius 3 is 2.52 bits per heavy atom. The Bertz CT molecular complexity index is 877. The Morgan fingerprint density at radius 2 is 1.88 bits per heavy atom. The normalized spacial score (nSPS) is 11.7. The molecule has 1 amide bonds. The molecule has 0 fully saturated rings. The van der Waals surface area contributed by atoms with Crippen molar-refractivity contribution in [2.45, 2.75) is 39.4 Å². The number of halogens is 1. The minimum absolute atomic E-state index is 0.165. The van der Waals surface area contributed by atoms with Crippen molar-refractivity contribution in [3.63, 3.8) is 0 Å². The monoisotopic (exact) mass is 405 g/mol. The molecular weight excluding hydrogens is 386 g/mol. The summed E-state index contributed by atoms with van der Waals surface area (Å²) in [4.78, 5) is 12.6. The van der Waals surface area contributed by atoms with E-state index in [9.17, 15) is 4.79 Å². The predicted molar refractivity (Wildman–Crippen MR) is 97.1 cm³/mol. The van der Waals surface area contributed by atoms with Crippen molar-refractivity contribution < 1.29 is 4.79 Å². The molecule has 3 aromatic rings. The highest BCUT2D eigenvalue weighted by atomic mass is 79.9. The number of anilines is 1. The van der Waals surface area contributed by atoms with Gasteiger partial charge in [-0.15, -0.1) is 0 Å². The van der Waals surface area contributed by atoms with Crippen molar-refractivity contribution in [3.8, 4) is 0 Å². The van der Waals surface area contributed by atoms with Gasteiger partial charge in [-0.25, -0.2) is 0 Å². The molecule has 9 heteroatoms. The van der Waals surface area contributed by atoms with E-state index < -0.39 is 5.54 Å². The summed E-state index contributed by atoms with van der Waals surface area (Å²) >= 11 is 3.35. The van der Waals surface area contributed by atoms with E-state index in [1.165, 1.54) is 0 Å². The summed E-state index contributed by atoms with van der Waals surface area (Å²) < 4.78 is 6.08. The first-order valence-electron chi connectivity index (χ1n) is 7.94.